The summed E-state index contributed by atoms with van der Waals surface area (Å²) >= 11 is 0. The summed E-state index contributed by atoms with van der Waals surface area (Å²) in [6.45, 7) is -1.45. The van der Waals surface area contributed by atoms with Crippen LogP contribution in [0.25, 0.3) is 10.9 Å². The molecule has 1 heterocycles. The van der Waals surface area contributed by atoms with Crippen molar-refractivity contribution in [3.63, 3.8) is 0 Å². The lowest BCUT2D eigenvalue weighted by molar-refractivity contribution is 0.0980. The Hall–Kier alpha value is -4.31. The van der Waals surface area contributed by atoms with Crippen molar-refractivity contribution in [1.82, 2.24) is 9.29 Å². The number of ether oxygens (including phenoxy) is 2. The minimum absolute atomic E-state index is 0.145. The van der Waals surface area contributed by atoms with Crippen molar-refractivity contribution in [2.75, 3.05) is 12.4 Å². The maximum absolute atomic E-state index is 13.2. The number of fused-ring (bicyclic) bond motifs is 1. The molecule has 0 radical (unpaired) electrons. The summed E-state index contributed by atoms with van der Waals surface area (Å²) in [5.74, 6) is -1.98. The summed E-state index contributed by atoms with van der Waals surface area (Å²) in [7, 11) is -7.68. The van der Waals surface area contributed by atoms with Gasteiger partial charge in [-0.25, -0.2) is 17.9 Å². The van der Waals surface area contributed by atoms with Crippen LogP contribution in [0.3, 0.4) is 0 Å². The van der Waals surface area contributed by atoms with E-state index in [1.165, 1.54) is 25.1 Å². The van der Waals surface area contributed by atoms with Gasteiger partial charge in [0, 0.05) is 59.5 Å². The smallest absolute Gasteiger partial charge is 0.411 e. The summed E-state index contributed by atoms with van der Waals surface area (Å²) in [4.78, 5) is 26.0. The first-order chi connectivity index (χ1) is 25.8. The number of hydrogen-bond acceptors (Lipinski definition) is 6. The van der Waals surface area contributed by atoms with Crippen LogP contribution in [-0.4, -0.2) is 38.1 Å². The van der Waals surface area contributed by atoms with Crippen LogP contribution in [0.15, 0.2) is 71.8 Å². The van der Waals surface area contributed by atoms with Gasteiger partial charge in [-0.2, -0.15) is 0 Å². The van der Waals surface area contributed by atoms with Gasteiger partial charge < -0.3 is 14.0 Å². The van der Waals surface area contributed by atoms with Gasteiger partial charge in [-0.1, -0.05) is 24.3 Å². The van der Waals surface area contributed by atoms with Crippen LogP contribution in [0.5, 0.6) is 5.75 Å². The molecule has 1 aliphatic rings. The molecule has 5 rings (SSSR count). The Kier molecular flexibility index (Phi) is 4.14. The van der Waals surface area contributed by atoms with E-state index in [-0.39, 0.29) is 21.5 Å². The van der Waals surface area contributed by atoms with Gasteiger partial charge in [0.1, 0.15) is 11.9 Å². The third kappa shape index (κ3) is 6.22. The molecular weight excluding hydrogens is 542 g/mol. The topological polar surface area (TPSA) is 116 Å². The number of aromatic nitrogens is 1. The Balaban J connectivity index is 1.56. The third-order valence-corrected chi connectivity index (χ3v) is 7.47. The normalized spacial score (nSPS) is 25.4. The van der Waals surface area contributed by atoms with Gasteiger partial charge in [0.05, 0.1) is 16.0 Å². The van der Waals surface area contributed by atoms with Crippen LogP contribution in [0.1, 0.15) is 74.5 Å². The Labute approximate surface area is 262 Å². The largest absolute Gasteiger partial charge is 0.496 e. The van der Waals surface area contributed by atoms with Gasteiger partial charge in [-0.15, -0.1) is 0 Å². The quantitative estimate of drug-likeness (QED) is 0.272. The van der Waals surface area contributed by atoms with Crippen molar-refractivity contribution in [2.45, 2.75) is 49.8 Å². The van der Waals surface area contributed by atoms with E-state index >= 15 is 0 Å². The van der Waals surface area contributed by atoms with E-state index in [4.69, 9.17) is 28.7 Å². The maximum atomic E-state index is 13.2. The Morgan fingerprint density at radius 2 is 1.90 bits per heavy atom. The van der Waals surface area contributed by atoms with Gasteiger partial charge in [0.2, 0.25) is 0 Å². The molecule has 0 aliphatic heterocycles. The lowest BCUT2D eigenvalue weighted by Crippen LogP contribution is -2.31. The van der Waals surface area contributed by atoms with Gasteiger partial charge in [-0.3, -0.25) is 10.1 Å². The third-order valence-electron chi connectivity index (χ3n) is 5.98. The number of nitrogens with one attached hydrogen (secondary N) is 2. The van der Waals surface area contributed by atoms with E-state index in [1.807, 2.05) is 4.72 Å². The second kappa shape index (κ2) is 11.7. The number of sulfonamides is 1. The molecule has 2 N–H and O–H groups in total. The molecule has 0 atom stereocenters. The predicted octanol–water partition coefficient (Wildman–Crippen LogP) is 5.70. The number of carbonyl (C=O) groups is 2. The van der Waals surface area contributed by atoms with E-state index < -0.39 is 96.4 Å². The second-order valence-electron chi connectivity index (χ2n) is 8.73. The maximum Gasteiger partial charge on any atom is 0.411 e. The highest BCUT2D eigenvalue weighted by atomic mass is 32.2. The van der Waals surface area contributed by atoms with Crippen LogP contribution in [0.4, 0.5) is 10.5 Å². The van der Waals surface area contributed by atoms with Gasteiger partial charge in [-0.05, 0) is 85.5 Å². The number of amides is 2. The molecule has 0 unspecified atom stereocenters. The average molecular weight is 592 g/mol. The molecule has 1 fully saturated rings. The molecule has 10 heteroatoms. The fraction of sp³-hybridized carbons (Fsp3) is 0.290. The van der Waals surface area contributed by atoms with Gasteiger partial charge >= 0.3 is 6.09 Å². The van der Waals surface area contributed by atoms with Crippen molar-refractivity contribution >= 4 is 38.6 Å². The molecule has 4 aromatic rings. The minimum atomic E-state index is -4.44. The summed E-state index contributed by atoms with van der Waals surface area (Å²) in [6.07, 6.45) is -19.8. The molecule has 214 valence electrons. The number of aryl methyl sites for hydroxylation is 2. The summed E-state index contributed by atoms with van der Waals surface area (Å²) in [5, 5.41) is 1.94. The Morgan fingerprint density at radius 3 is 2.66 bits per heavy atom. The van der Waals surface area contributed by atoms with Crippen LogP contribution in [0, 0.1) is 6.92 Å². The molecule has 1 aromatic heterocycles. The van der Waals surface area contributed by atoms with Crippen LogP contribution < -0.4 is 14.8 Å². The average Bonchev–Trinajstić information content (AvgIpc) is 3.48. The molecule has 0 saturated heterocycles. The van der Waals surface area contributed by atoms with E-state index in [2.05, 4.69) is 5.32 Å². The van der Waals surface area contributed by atoms with E-state index in [0.717, 1.165) is 42.6 Å². The van der Waals surface area contributed by atoms with Gasteiger partial charge in [0.15, 0.2) is 0 Å². The van der Waals surface area contributed by atoms with E-state index in [1.54, 1.807) is 6.07 Å². The lowest BCUT2D eigenvalue weighted by atomic mass is 10.0. The molecule has 1 aliphatic carbocycles. The number of rotatable bonds is 8. The molecular formula is C31H33N3O6S. The van der Waals surface area contributed by atoms with Crippen molar-refractivity contribution in [3.05, 3.63) is 89.1 Å². The molecule has 3 aromatic carbocycles. The number of carbonyl (C=O) groups excluding carboxylic acids is 2. The number of anilines is 1. The Morgan fingerprint density at radius 1 is 1.10 bits per heavy atom. The zero-order valence-corrected chi connectivity index (χ0v) is 22.0. The monoisotopic (exact) mass is 591 g/mol. The second-order valence-corrected chi connectivity index (χ2v) is 10.4. The number of nitrogens with zero attached hydrogens (tertiary/aromatic N) is 1. The zero-order valence-electron chi connectivity index (χ0n) is 37.2. The van der Waals surface area contributed by atoms with E-state index in [0.29, 0.717) is 10.1 Å². The lowest BCUT2D eigenvalue weighted by Gasteiger charge is -2.13. The van der Waals surface area contributed by atoms with Gasteiger partial charge in [0.25, 0.3) is 15.9 Å². The highest BCUT2D eigenvalue weighted by Gasteiger charge is 2.22. The first-order valence-corrected chi connectivity index (χ1v) is 13.4. The first-order valence-electron chi connectivity index (χ1n) is 19.9. The molecule has 0 bridgehead atoms. The fourth-order valence-electron chi connectivity index (χ4n) is 4.05. The fourth-order valence-corrected chi connectivity index (χ4v) is 5.27. The van der Waals surface area contributed by atoms with E-state index in [9.17, 15) is 20.7 Å². The predicted molar refractivity (Wildman–Crippen MR) is 157 cm³/mol. The van der Waals surface area contributed by atoms with Crippen molar-refractivity contribution in [1.29, 1.82) is 0 Å². The zero-order chi connectivity index (χ0) is 43.1. The number of benzene rings is 3. The first kappa shape index (κ1) is 14.5. The molecule has 1 saturated carbocycles. The SMILES string of the molecule is [2H]C([2H])([2H])Oc1cc(C(=O)NS(=O)(=O)c2ccccc2C)ccc1C([2H])([2H])c1cn(C([2H])([2H])[2H])c2ccc(NC(=O)OC3C([2H])([2H])C([2H])([2H])C([2H])([2H])C3([2H])[2H])cc12. The Bertz CT molecular complexity index is 2350. The summed E-state index contributed by atoms with van der Waals surface area (Å²) in [6, 6.07) is 11.8. The standard InChI is InChI=1S/C31H33N3O6S/c1-20-8-4-7-11-29(20)41(37,38)33-30(35)22-13-12-21(28(17-22)39-3)16-23-19-34(2)27-15-14-24(18-26(23)27)32-31(36)40-25-9-5-6-10-25/h4,7-8,11-15,17-19,25H,5-6,9-10,16H2,1-3H3,(H,32,36)(H,33,35)/i2D3,3D3,5D2,6D2,9D2,10D2,16D2. The van der Waals surface area contributed by atoms with Crippen molar-refractivity contribution < 1.29 is 49.4 Å². The molecule has 41 heavy (non-hydrogen) atoms. The molecule has 0 spiro atoms. The highest BCUT2D eigenvalue weighted by Crippen LogP contribution is 2.30. The number of methoxy groups -OCH3 is 1. The molecule has 2 amide bonds. The summed E-state index contributed by atoms with van der Waals surface area (Å²) < 4.78 is 168. The van der Waals surface area contributed by atoms with Crippen molar-refractivity contribution in [2.24, 2.45) is 6.98 Å². The van der Waals surface area contributed by atoms with Crippen LogP contribution >= 0.6 is 0 Å². The minimum Gasteiger partial charge on any atom is -0.496 e. The van der Waals surface area contributed by atoms with Crippen LogP contribution in [0.2, 0.25) is 0 Å². The van der Waals surface area contributed by atoms with Crippen molar-refractivity contribution in [3.8, 4) is 5.75 Å². The molecule has 9 nitrogen and oxygen atoms in total. The number of hydrogen-bond donors (Lipinski definition) is 2. The summed E-state index contributed by atoms with van der Waals surface area (Å²) in [5.41, 5.74) is -1.57. The van der Waals surface area contributed by atoms with Crippen LogP contribution in [-0.2, 0) is 28.1 Å². The highest BCUT2D eigenvalue weighted by molar-refractivity contribution is 7.90.